The molecule has 0 aromatic carbocycles. The SMILES string of the molecule is CN(CCO)CC(C)(C)C(=O)N1CCNCC1. The molecule has 2 N–H and O–H groups in total. The molecule has 17 heavy (non-hydrogen) atoms. The molecule has 0 aromatic heterocycles. The van der Waals surface area contributed by atoms with E-state index in [0.717, 1.165) is 26.2 Å². The second-order valence-electron chi connectivity index (χ2n) is 5.39. The van der Waals surface area contributed by atoms with Gasteiger partial charge >= 0.3 is 0 Å². The number of likely N-dealkylation sites (N-methyl/N-ethyl adjacent to an activating group) is 1. The highest BCUT2D eigenvalue weighted by Gasteiger charge is 2.33. The number of carbonyl (C=O) groups is 1. The van der Waals surface area contributed by atoms with E-state index in [1.165, 1.54) is 0 Å². The lowest BCUT2D eigenvalue weighted by Gasteiger charge is -2.36. The molecule has 5 nitrogen and oxygen atoms in total. The summed E-state index contributed by atoms with van der Waals surface area (Å²) in [7, 11) is 1.93. The van der Waals surface area contributed by atoms with Crippen molar-refractivity contribution in [2.24, 2.45) is 5.41 Å². The van der Waals surface area contributed by atoms with Gasteiger partial charge in [-0.2, -0.15) is 0 Å². The van der Waals surface area contributed by atoms with E-state index in [1.54, 1.807) is 0 Å². The molecule has 1 aliphatic rings. The quantitative estimate of drug-likeness (QED) is 0.675. The molecule has 1 heterocycles. The average molecular weight is 243 g/mol. The third-order valence-electron chi connectivity index (χ3n) is 3.13. The molecule has 0 saturated carbocycles. The molecule has 0 atom stereocenters. The standard InChI is InChI=1S/C12H25N3O2/c1-12(2,10-14(3)8-9-16)11(17)15-6-4-13-5-7-15/h13,16H,4-10H2,1-3H3. The molecule has 100 valence electrons. The minimum absolute atomic E-state index is 0.133. The summed E-state index contributed by atoms with van der Waals surface area (Å²) in [5, 5.41) is 12.1. The van der Waals surface area contributed by atoms with Crippen molar-refractivity contribution in [1.82, 2.24) is 15.1 Å². The van der Waals surface area contributed by atoms with E-state index in [0.29, 0.717) is 13.1 Å². The molecule has 0 unspecified atom stereocenters. The fraction of sp³-hybridized carbons (Fsp3) is 0.917. The summed E-state index contributed by atoms with van der Waals surface area (Å²) in [4.78, 5) is 16.3. The van der Waals surface area contributed by atoms with E-state index in [-0.39, 0.29) is 17.9 Å². The monoisotopic (exact) mass is 243 g/mol. The fourth-order valence-corrected chi connectivity index (χ4v) is 2.29. The van der Waals surface area contributed by atoms with E-state index in [9.17, 15) is 4.79 Å². The number of aliphatic hydroxyl groups excluding tert-OH is 1. The first kappa shape index (κ1) is 14.4. The number of amides is 1. The zero-order valence-electron chi connectivity index (χ0n) is 11.2. The summed E-state index contributed by atoms with van der Waals surface area (Å²) < 4.78 is 0. The molecular formula is C12H25N3O2. The van der Waals surface area contributed by atoms with Crippen molar-refractivity contribution in [3.05, 3.63) is 0 Å². The van der Waals surface area contributed by atoms with Gasteiger partial charge in [0.2, 0.25) is 5.91 Å². The summed E-state index contributed by atoms with van der Waals surface area (Å²) in [6, 6.07) is 0. The maximum absolute atomic E-state index is 12.4. The van der Waals surface area contributed by atoms with Crippen molar-refractivity contribution in [2.45, 2.75) is 13.8 Å². The Morgan fingerprint density at radius 1 is 1.41 bits per heavy atom. The van der Waals surface area contributed by atoms with Crippen LogP contribution < -0.4 is 5.32 Å². The molecule has 0 bridgehead atoms. The Labute approximate surface area is 104 Å². The number of aliphatic hydroxyl groups is 1. The number of nitrogens with zero attached hydrogens (tertiary/aromatic N) is 2. The number of rotatable bonds is 5. The maximum atomic E-state index is 12.4. The number of piperazine rings is 1. The first-order chi connectivity index (χ1) is 7.97. The van der Waals surface area contributed by atoms with Crippen LogP contribution in [0.5, 0.6) is 0 Å². The van der Waals surface area contributed by atoms with Gasteiger partial charge < -0.3 is 20.2 Å². The van der Waals surface area contributed by atoms with Crippen molar-refractivity contribution in [2.75, 3.05) is 52.9 Å². The van der Waals surface area contributed by atoms with Crippen LogP contribution in [0.4, 0.5) is 0 Å². The summed E-state index contributed by atoms with van der Waals surface area (Å²) in [5.41, 5.74) is -0.388. The number of carbonyl (C=O) groups excluding carboxylic acids is 1. The summed E-state index contributed by atoms with van der Waals surface area (Å²) in [6.45, 7) is 8.74. The Morgan fingerprint density at radius 3 is 2.53 bits per heavy atom. The maximum Gasteiger partial charge on any atom is 0.229 e. The topological polar surface area (TPSA) is 55.8 Å². The van der Waals surface area contributed by atoms with Crippen molar-refractivity contribution >= 4 is 5.91 Å². The van der Waals surface area contributed by atoms with Crippen molar-refractivity contribution in [3.63, 3.8) is 0 Å². The molecule has 1 aliphatic heterocycles. The third-order valence-corrected chi connectivity index (χ3v) is 3.13. The van der Waals surface area contributed by atoms with Gasteiger partial charge in [-0.1, -0.05) is 0 Å². The Morgan fingerprint density at radius 2 is 2.00 bits per heavy atom. The number of hydrogen-bond acceptors (Lipinski definition) is 4. The molecule has 0 aliphatic carbocycles. The average Bonchev–Trinajstić information content (AvgIpc) is 2.28. The lowest BCUT2D eigenvalue weighted by atomic mass is 9.90. The molecular weight excluding hydrogens is 218 g/mol. The predicted molar refractivity (Wildman–Crippen MR) is 67.8 cm³/mol. The second-order valence-corrected chi connectivity index (χ2v) is 5.39. The summed E-state index contributed by atoms with van der Waals surface area (Å²) in [6.07, 6.45) is 0. The smallest absolute Gasteiger partial charge is 0.229 e. The molecule has 5 heteroatoms. The third kappa shape index (κ3) is 4.26. The highest BCUT2D eigenvalue weighted by molar-refractivity contribution is 5.82. The van der Waals surface area contributed by atoms with Gasteiger partial charge in [-0.3, -0.25) is 4.79 Å². The van der Waals surface area contributed by atoms with Gasteiger partial charge in [0.25, 0.3) is 0 Å². The van der Waals surface area contributed by atoms with Gasteiger partial charge in [-0.15, -0.1) is 0 Å². The van der Waals surface area contributed by atoms with Crippen LogP contribution in [0.3, 0.4) is 0 Å². The molecule has 0 radical (unpaired) electrons. The van der Waals surface area contributed by atoms with Gasteiger partial charge in [-0.25, -0.2) is 0 Å². The van der Waals surface area contributed by atoms with Crippen LogP contribution in [0.1, 0.15) is 13.8 Å². The molecule has 0 aromatic rings. The van der Waals surface area contributed by atoms with Crippen molar-refractivity contribution in [1.29, 1.82) is 0 Å². The normalized spacial score (nSPS) is 17.6. The van der Waals surface area contributed by atoms with Crippen LogP contribution >= 0.6 is 0 Å². The van der Waals surface area contributed by atoms with E-state index in [2.05, 4.69) is 5.32 Å². The predicted octanol–water partition coefficient (Wildman–Crippen LogP) is -0.631. The van der Waals surface area contributed by atoms with Gasteiger partial charge in [0.15, 0.2) is 0 Å². The van der Waals surface area contributed by atoms with Crippen LogP contribution in [-0.4, -0.2) is 73.7 Å². The van der Waals surface area contributed by atoms with Crippen LogP contribution in [0, 0.1) is 5.41 Å². The van der Waals surface area contributed by atoms with Crippen LogP contribution in [0.25, 0.3) is 0 Å². The lowest BCUT2D eigenvalue weighted by Crippen LogP contribution is -2.53. The highest BCUT2D eigenvalue weighted by atomic mass is 16.3. The molecule has 1 fully saturated rings. The zero-order valence-corrected chi connectivity index (χ0v) is 11.2. The Balaban J connectivity index is 2.52. The summed E-state index contributed by atoms with van der Waals surface area (Å²) in [5.74, 6) is 0.212. The number of nitrogens with one attached hydrogen (secondary N) is 1. The van der Waals surface area contributed by atoms with Gasteiger partial charge in [0.1, 0.15) is 0 Å². The van der Waals surface area contributed by atoms with E-state index >= 15 is 0 Å². The van der Waals surface area contributed by atoms with Crippen LogP contribution in [0.15, 0.2) is 0 Å². The van der Waals surface area contributed by atoms with E-state index < -0.39 is 0 Å². The highest BCUT2D eigenvalue weighted by Crippen LogP contribution is 2.20. The van der Waals surface area contributed by atoms with Crippen molar-refractivity contribution in [3.8, 4) is 0 Å². The second kappa shape index (κ2) is 6.33. The van der Waals surface area contributed by atoms with E-state index in [4.69, 9.17) is 5.11 Å². The molecule has 0 spiro atoms. The number of hydrogen-bond donors (Lipinski definition) is 2. The fourth-order valence-electron chi connectivity index (χ4n) is 2.29. The minimum Gasteiger partial charge on any atom is -0.395 e. The Kier molecular flexibility index (Phi) is 5.36. The van der Waals surface area contributed by atoms with Gasteiger partial charge in [0, 0.05) is 39.3 Å². The lowest BCUT2D eigenvalue weighted by molar-refractivity contribution is -0.141. The van der Waals surface area contributed by atoms with Crippen LogP contribution in [-0.2, 0) is 4.79 Å². The first-order valence-corrected chi connectivity index (χ1v) is 6.27. The molecule has 1 saturated heterocycles. The van der Waals surface area contributed by atoms with Gasteiger partial charge in [0.05, 0.1) is 12.0 Å². The van der Waals surface area contributed by atoms with Gasteiger partial charge in [-0.05, 0) is 20.9 Å². The van der Waals surface area contributed by atoms with Crippen LogP contribution in [0.2, 0.25) is 0 Å². The Bertz CT molecular complexity index is 250. The summed E-state index contributed by atoms with van der Waals surface area (Å²) >= 11 is 0. The Hall–Kier alpha value is -0.650. The first-order valence-electron chi connectivity index (χ1n) is 6.27. The zero-order chi connectivity index (χ0) is 12.9. The minimum atomic E-state index is -0.388. The largest absolute Gasteiger partial charge is 0.395 e. The molecule has 1 amide bonds. The van der Waals surface area contributed by atoms with Crippen molar-refractivity contribution < 1.29 is 9.90 Å². The molecule has 1 rings (SSSR count). The van der Waals surface area contributed by atoms with E-state index in [1.807, 2.05) is 30.7 Å².